The van der Waals surface area contributed by atoms with Crippen LogP contribution in [0, 0.1) is 5.82 Å². The Labute approximate surface area is 150 Å². The van der Waals surface area contributed by atoms with Crippen molar-refractivity contribution in [1.82, 2.24) is 0 Å². The van der Waals surface area contributed by atoms with Gasteiger partial charge in [0.15, 0.2) is 24.7 Å². The van der Waals surface area contributed by atoms with Crippen molar-refractivity contribution in [2.75, 3.05) is 13.2 Å². The maximum absolute atomic E-state index is 13.5. The van der Waals surface area contributed by atoms with E-state index in [1.54, 1.807) is 12.1 Å². The van der Waals surface area contributed by atoms with E-state index in [2.05, 4.69) is 0 Å². The molecule has 2 aromatic rings. The fourth-order valence-corrected chi connectivity index (χ4v) is 2.79. The lowest BCUT2D eigenvalue weighted by Crippen LogP contribution is -2.25. The number of halogens is 1. The number of carbonyl (C=O) groups excluding carboxylic acids is 2. The first-order valence-electron chi connectivity index (χ1n) is 8.23. The lowest BCUT2D eigenvalue weighted by Gasteiger charge is -2.18. The molecular formula is C20H19FO5. The number of rotatable bonds is 6. The largest absolute Gasteiger partial charge is 0.483 e. The molecule has 0 atom stereocenters. The number of benzene rings is 2. The highest BCUT2D eigenvalue weighted by molar-refractivity contribution is 5.98. The van der Waals surface area contributed by atoms with Crippen molar-refractivity contribution in [3.63, 3.8) is 0 Å². The standard InChI is InChI=1S/C20H19FO5/c1-20(2)10-13-6-5-9-17(19(13)26-20)24-12-18(23)25-11-16(22)14-7-3-4-8-15(14)21/h3-9H,10-12H2,1-2H3. The number of para-hydroxylation sites is 1. The van der Waals surface area contributed by atoms with Crippen molar-refractivity contribution in [1.29, 1.82) is 0 Å². The minimum atomic E-state index is -0.718. The molecule has 26 heavy (non-hydrogen) atoms. The number of esters is 1. The van der Waals surface area contributed by atoms with Crippen molar-refractivity contribution >= 4 is 11.8 Å². The van der Waals surface area contributed by atoms with Crippen LogP contribution in [0.3, 0.4) is 0 Å². The molecule has 3 rings (SSSR count). The van der Waals surface area contributed by atoms with Crippen LogP contribution in [0.5, 0.6) is 11.5 Å². The van der Waals surface area contributed by atoms with Crippen molar-refractivity contribution in [3.05, 3.63) is 59.4 Å². The summed E-state index contributed by atoms with van der Waals surface area (Å²) in [5.74, 6) is -0.908. The summed E-state index contributed by atoms with van der Waals surface area (Å²) < 4.78 is 29.7. The maximum Gasteiger partial charge on any atom is 0.344 e. The van der Waals surface area contributed by atoms with E-state index in [0.717, 1.165) is 12.0 Å². The van der Waals surface area contributed by atoms with Gasteiger partial charge in [-0.05, 0) is 32.0 Å². The van der Waals surface area contributed by atoms with Crippen molar-refractivity contribution < 1.29 is 28.2 Å². The quantitative estimate of drug-likeness (QED) is 0.585. The monoisotopic (exact) mass is 358 g/mol. The summed E-state index contributed by atoms with van der Waals surface area (Å²) in [7, 11) is 0. The molecule has 0 spiro atoms. The van der Waals surface area contributed by atoms with Crippen molar-refractivity contribution in [2.24, 2.45) is 0 Å². The summed E-state index contributed by atoms with van der Waals surface area (Å²) in [5, 5.41) is 0. The Kier molecular flexibility index (Phi) is 4.93. The Balaban J connectivity index is 1.54. The zero-order valence-electron chi connectivity index (χ0n) is 14.6. The highest BCUT2D eigenvalue weighted by Gasteiger charge is 2.32. The van der Waals surface area contributed by atoms with Crippen molar-refractivity contribution in [2.45, 2.75) is 25.9 Å². The van der Waals surface area contributed by atoms with Crippen LogP contribution in [-0.2, 0) is 16.0 Å². The number of ketones is 1. The van der Waals surface area contributed by atoms with E-state index in [-0.39, 0.29) is 17.8 Å². The van der Waals surface area contributed by atoms with Gasteiger partial charge in [-0.2, -0.15) is 0 Å². The van der Waals surface area contributed by atoms with Gasteiger partial charge in [-0.25, -0.2) is 9.18 Å². The SMILES string of the molecule is CC1(C)Cc2cccc(OCC(=O)OCC(=O)c3ccccc3F)c2O1. The second-order valence-corrected chi connectivity index (χ2v) is 6.64. The Hall–Kier alpha value is -2.89. The summed E-state index contributed by atoms with van der Waals surface area (Å²) >= 11 is 0. The molecular weight excluding hydrogens is 339 g/mol. The second kappa shape index (κ2) is 7.15. The van der Waals surface area contributed by atoms with Crippen LogP contribution in [0.4, 0.5) is 4.39 Å². The van der Waals surface area contributed by atoms with Crippen LogP contribution in [0.1, 0.15) is 29.8 Å². The van der Waals surface area contributed by atoms with Gasteiger partial charge in [-0.3, -0.25) is 4.79 Å². The summed E-state index contributed by atoms with van der Waals surface area (Å²) in [5.41, 5.74) is 0.572. The van der Waals surface area contributed by atoms with E-state index in [0.29, 0.717) is 11.5 Å². The molecule has 0 aromatic heterocycles. The van der Waals surface area contributed by atoms with Gasteiger partial charge in [-0.1, -0.05) is 24.3 Å². The Morgan fingerprint density at radius 3 is 2.65 bits per heavy atom. The van der Waals surface area contributed by atoms with Gasteiger partial charge in [0.2, 0.25) is 5.78 Å². The molecule has 0 unspecified atom stereocenters. The van der Waals surface area contributed by atoms with E-state index >= 15 is 0 Å². The summed E-state index contributed by atoms with van der Waals surface area (Å²) in [4.78, 5) is 23.7. The van der Waals surface area contributed by atoms with Crippen LogP contribution in [0.15, 0.2) is 42.5 Å². The number of carbonyl (C=O) groups is 2. The molecule has 0 fully saturated rings. The van der Waals surface area contributed by atoms with E-state index in [1.165, 1.54) is 18.2 Å². The number of hydrogen-bond donors (Lipinski definition) is 0. The minimum Gasteiger partial charge on any atom is -0.483 e. The molecule has 0 N–H and O–H groups in total. The molecule has 6 heteroatoms. The first kappa shape index (κ1) is 17.9. The normalized spacial score (nSPS) is 14.3. The third-order valence-corrected chi connectivity index (χ3v) is 3.94. The van der Waals surface area contributed by atoms with Gasteiger partial charge >= 0.3 is 5.97 Å². The smallest absolute Gasteiger partial charge is 0.344 e. The van der Waals surface area contributed by atoms with Crippen LogP contribution < -0.4 is 9.47 Å². The van der Waals surface area contributed by atoms with E-state index in [9.17, 15) is 14.0 Å². The first-order valence-corrected chi connectivity index (χ1v) is 8.23. The fraction of sp³-hybridized carbons (Fsp3) is 0.300. The van der Waals surface area contributed by atoms with Crippen molar-refractivity contribution in [3.8, 4) is 11.5 Å². The molecule has 136 valence electrons. The molecule has 1 aliphatic rings. The van der Waals surface area contributed by atoms with Crippen LogP contribution in [0.2, 0.25) is 0 Å². The summed E-state index contributed by atoms with van der Waals surface area (Å²) in [6, 6.07) is 11.0. The third kappa shape index (κ3) is 4.02. The number of ether oxygens (including phenoxy) is 3. The predicted molar refractivity (Wildman–Crippen MR) is 92.0 cm³/mol. The zero-order chi connectivity index (χ0) is 18.7. The third-order valence-electron chi connectivity index (χ3n) is 3.94. The summed E-state index contributed by atoms with van der Waals surface area (Å²) in [6.45, 7) is 3.03. The van der Waals surface area contributed by atoms with E-state index < -0.39 is 24.2 Å². The van der Waals surface area contributed by atoms with Gasteiger partial charge in [0, 0.05) is 12.0 Å². The van der Waals surface area contributed by atoms with Crippen LogP contribution >= 0.6 is 0 Å². The first-order chi connectivity index (χ1) is 12.4. The van der Waals surface area contributed by atoms with Crippen LogP contribution in [-0.4, -0.2) is 30.6 Å². The molecule has 0 amide bonds. The van der Waals surface area contributed by atoms with Gasteiger partial charge in [0.05, 0.1) is 5.56 Å². The number of Topliss-reactive ketones (excluding diaryl/α,β-unsaturated/α-hetero) is 1. The van der Waals surface area contributed by atoms with Crippen LogP contribution in [0.25, 0.3) is 0 Å². The fourth-order valence-electron chi connectivity index (χ4n) is 2.79. The maximum atomic E-state index is 13.5. The average Bonchev–Trinajstić information content (AvgIpc) is 2.92. The molecule has 5 nitrogen and oxygen atoms in total. The molecule has 0 bridgehead atoms. The Morgan fingerprint density at radius 2 is 1.88 bits per heavy atom. The van der Waals surface area contributed by atoms with Gasteiger partial charge < -0.3 is 14.2 Å². The van der Waals surface area contributed by atoms with E-state index in [1.807, 2.05) is 26.0 Å². The topological polar surface area (TPSA) is 61.8 Å². The summed E-state index contributed by atoms with van der Waals surface area (Å²) in [6.07, 6.45) is 0.751. The molecule has 2 aromatic carbocycles. The highest BCUT2D eigenvalue weighted by Crippen LogP contribution is 2.41. The second-order valence-electron chi connectivity index (χ2n) is 6.64. The molecule has 0 aliphatic carbocycles. The number of fused-ring (bicyclic) bond motifs is 1. The van der Waals surface area contributed by atoms with Gasteiger partial charge in [-0.15, -0.1) is 0 Å². The van der Waals surface area contributed by atoms with E-state index in [4.69, 9.17) is 14.2 Å². The van der Waals surface area contributed by atoms with Gasteiger partial charge in [0.1, 0.15) is 11.4 Å². The molecule has 0 radical (unpaired) electrons. The molecule has 1 heterocycles. The molecule has 0 saturated carbocycles. The molecule has 1 aliphatic heterocycles. The lowest BCUT2D eigenvalue weighted by molar-refractivity contribution is -0.144. The predicted octanol–water partition coefficient (Wildman–Crippen LogP) is 3.34. The Bertz CT molecular complexity index is 844. The molecule has 0 saturated heterocycles. The average molecular weight is 358 g/mol. The zero-order valence-corrected chi connectivity index (χ0v) is 14.6. The minimum absolute atomic E-state index is 0.113. The highest BCUT2D eigenvalue weighted by atomic mass is 19.1. The Morgan fingerprint density at radius 1 is 1.12 bits per heavy atom. The number of hydrogen-bond acceptors (Lipinski definition) is 5. The lowest BCUT2D eigenvalue weighted by atomic mass is 10.0. The van der Waals surface area contributed by atoms with Gasteiger partial charge in [0.25, 0.3) is 0 Å².